The van der Waals surface area contributed by atoms with Crippen molar-refractivity contribution < 1.29 is 23.8 Å². The molecular weight excluding hydrogens is 341 g/mol. The Morgan fingerprint density at radius 2 is 2.00 bits per heavy atom. The molecule has 1 unspecified atom stereocenters. The van der Waals surface area contributed by atoms with Gasteiger partial charge in [-0.3, -0.25) is 0 Å². The number of para-hydroxylation sites is 1. The molecule has 0 aliphatic carbocycles. The van der Waals surface area contributed by atoms with Gasteiger partial charge < -0.3 is 25.4 Å². The van der Waals surface area contributed by atoms with E-state index in [1.165, 1.54) is 6.07 Å². The second-order valence-electron chi connectivity index (χ2n) is 7.23. The fourth-order valence-corrected chi connectivity index (χ4v) is 2.84. The van der Waals surface area contributed by atoms with Gasteiger partial charge in [-0.15, -0.1) is 0 Å². The number of aliphatic carboxylic acids is 1. The highest BCUT2D eigenvalue weighted by Gasteiger charge is 2.27. The molecule has 0 saturated carbocycles. The molecule has 2 rings (SSSR count). The van der Waals surface area contributed by atoms with Crippen LogP contribution in [-0.4, -0.2) is 55.0 Å². The summed E-state index contributed by atoms with van der Waals surface area (Å²) in [6, 6.07) is 3.38. The van der Waals surface area contributed by atoms with E-state index in [2.05, 4.69) is 10.6 Å². The summed E-state index contributed by atoms with van der Waals surface area (Å²) in [7, 11) is 0. The van der Waals surface area contributed by atoms with Gasteiger partial charge in [-0.05, 0) is 32.4 Å². The van der Waals surface area contributed by atoms with Crippen LogP contribution >= 0.6 is 0 Å². The molecule has 1 amide bonds. The van der Waals surface area contributed by atoms with Crippen LogP contribution in [0.4, 0.5) is 14.9 Å². The highest BCUT2D eigenvalue weighted by molar-refractivity contribution is 5.80. The molecule has 1 aliphatic heterocycles. The van der Waals surface area contributed by atoms with E-state index in [1.54, 1.807) is 32.9 Å². The third-order valence-corrected chi connectivity index (χ3v) is 3.92. The van der Waals surface area contributed by atoms with Crippen molar-refractivity contribution in [1.29, 1.82) is 0 Å². The number of rotatable bonds is 5. The van der Waals surface area contributed by atoms with Gasteiger partial charge >= 0.3 is 12.1 Å². The van der Waals surface area contributed by atoms with Crippen molar-refractivity contribution in [3.63, 3.8) is 0 Å². The third kappa shape index (κ3) is 5.59. The first-order chi connectivity index (χ1) is 12.2. The fraction of sp³-hybridized carbons (Fsp3) is 0.556. The SMILES string of the molecule is CC(C)(C)OC(=O)NC(Cc1cccc(F)c1N1CCNCC1)C(=O)O. The number of benzene rings is 1. The van der Waals surface area contributed by atoms with Crippen molar-refractivity contribution in [2.75, 3.05) is 31.1 Å². The lowest BCUT2D eigenvalue weighted by molar-refractivity contribution is -0.139. The minimum atomic E-state index is -1.21. The quantitative estimate of drug-likeness (QED) is 0.735. The topological polar surface area (TPSA) is 90.9 Å². The van der Waals surface area contributed by atoms with E-state index in [0.29, 0.717) is 24.3 Å². The molecule has 7 nitrogen and oxygen atoms in total. The van der Waals surface area contributed by atoms with Crippen LogP contribution in [0.25, 0.3) is 0 Å². The number of carbonyl (C=O) groups excluding carboxylic acids is 1. The summed E-state index contributed by atoms with van der Waals surface area (Å²) in [4.78, 5) is 25.4. The fourth-order valence-electron chi connectivity index (χ4n) is 2.84. The number of amides is 1. The predicted octanol–water partition coefficient (Wildman–Crippen LogP) is 1.76. The number of carboxylic acid groups (broad SMARTS) is 1. The normalized spacial score (nSPS) is 16.1. The maximum atomic E-state index is 14.4. The molecule has 0 radical (unpaired) electrons. The molecule has 3 N–H and O–H groups in total. The van der Waals surface area contributed by atoms with E-state index in [4.69, 9.17) is 4.74 Å². The summed E-state index contributed by atoms with van der Waals surface area (Å²) in [5.74, 6) is -1.60. The van der Waals surface area contributed by atoms with Gasteiger partial charge in [0.05, 0.1) is 5.69 Å². The van der Waals surface area contributed by atoms with Crippen LogP contribution in [0.5, 0.6) is 0 Å². The van der Waals surface area contributed by atoms with E-state index in [9.17, 15) is 19.1 Å². The molecular formula is C18H26FN3O4. The Morgan fingerprint density at radius 3 is 2.58 bits per heavy atom. The molecule has 0 spiro atoms. The Bertz CT molecular complexity index is 654. The largest absolute Gasteiger partial charge is 0.480 e. The van der Waals surface area contributed by atoms with Crippen LogP contribution < -0.4 is 15.5 Å². The molecule has 8 heteroatoms. The number of nitrogens with one attached hydrogen (secondary N) is 2. The summed E-state index contributed by atoms with van der Waals surface area (Å²) in [6.07, 6.45) is -0.851. The molecule has 1 saturated heterocycles. The average molecular weight is 367 g/mol. The smallest absolute Gasteiger partial charge is 0.408 e. The highest BCUT2D eigenvalue weighted by atomic mass is 19.1. The number of ether oxygens (including phenoxy) is 1. The minimum Gasteiger partial charge on any atom is -0.480 e. The maximum Gasteiger partial charge on any atom is 0.408 e. The van der Waals surface area contributed by atoms with E-state index < -0.39 is 29.5 Å². The Hall–Kier alpha value is -2.35. The van der Waals surface area contributed by atoms with Gasteiger partial charge in [-0.2, -0.15) is 0 Å². The number of carbonyl (C=O) groups is 2. The molecule has 1 fully saturated rings. The summed E-state index contributed by atoms with van der Waals surface area (Å²) in [5, 5.41) is 15.0. The third-order valence-electron chi connectivity index (χ3n) is 3.92. The zero-order chi connectivity index (χ0) is 19.3. The summed E-state index contributed by atoms with van der Waals surface area (Å²) in [5.41, 5.74) is 0.194. The lowest BCUT2D eigenvalue weighted by Gasteiger charge is -2.32. The van der Waals surface area contributed by atoms with Crippen LogP contribution in [0, 0.1) is 5.82 Å². The molecule has 1 aromatic rings. The van der Waals surface area contributed by atoms with Crippen molar-refractivity contribution in [3.8, 4) is 0 Å². The Balaban J connectivity index is 2.19. The van der Waals surface area contributed by atoms with Gasteiger partial charge in [-0.25, -0.2) is 14.0 Å². The van der Waals surface area contributed by atoms with Gasteiger partial charge in [0, 0.05) is 32.6 Å². The van der Waals surface area contributed by atoms with Crippen LogP contribution in [0.15, 0.2) is 18.2 Å². The molecule has 144 valence electrons. The number of hydrogen-bond donors (Lipinski definition) is 3. The van der Waals surface area contributed by atoms with Crippen molar-refractivity contribution in [1.82, 2.24) is 10.6 Å². The van der Waals surface area contributed by atoms with Gasteiger partial charge in [0.25, 0.3) is 0 Å². The Morgan fingerprint density at radius 1 is 1.35 bits per heavy atom. The van der Waals surface area contributed by atoms with E-state index in [1.807, 2.05) is 4.90 Å². The molecule has 26 heavy (non-hydrogen) atoms. The first-order valence-electron chi connectivity index (χ1n) is 8.63. The second kappa shape index (κ2) is 8.35. The van der Waals surface area contributed by atoms with E-state index in [-0.39, 0.29) is 6.42 Å². The van der Waals surface area contributed by atoms with Crippen molar-refractivity contribution >= 4 is 17.7 Å². The molecule has 0 aromatic heterocycles. The van der Waals surface area contributed by atoms with Crippen LogP contribution in [0.1, 0.15) is 26.3 Å². The Kier molecular flexibility index (Phi) is 6.42. The lowest BCUT2D eigenvalue weighted by Crippen LogP contribution is -2.46. The number of alkyl carbamates (subject to hydrolysis) is 1. The van der Waals surface area contributed by atoms with Crippen molar-refractivity contribution in [2.24, 2.45) is 0 Å². The standard InChI is InChI=1S/C18H26FN3O4/c1-18(2,3)26-17(25)21-14(16(23)24)11-12-5-4-6-13(19)15(12)22-9-7-20-8-10-22/h4-6,14,20H,7-11H2,1-3H3,(H,21,25)(H,23,24). The second-order valence-corrected chi connectivity index (χ2v) is 7.23. The first-order valence-corrected chi connectivity index (χ1v) is 8.63. The van der Waals surface area contributed by atoms with Gasteiger partial charge in [-0.1, -0.05) is 12.1 Å². The number of anilines is 1. The van der Waals surface area contributed by atoms with Crippen LogP contribution in [0.3, 0.4) is 0 Å². The first kappa shape index (κ1) is 20.0. The van der Waals surface area contributed by atoms with E-state index in [0.717, 1.165) is 13.1 Å². The molecule has 1 heterocycles. The zero-order valence-electron chi connectivity index (χ0n) is 15.3. The average Bonchev–Trinajstić information content (AvgIpc) is 2.53. The minimum absolute atomic E-state index is 0.0361. The van der Waals surface area contributed by atoms with Crippen molar-refractivity contribution in [3.05, 3.63) is 29.6 Å². The number of carboxylic acids is 1. The summed E-state index contributed by atoms with van der Waals surface area (Å²) < 4.78 is 19.6. The highest BCUT2D eigenvalue weighted by Crippen LogP contribution is 2.26. The Labute approximate surface area is 152 Å². The summed E-state index contributed by atoms with van der Waals surface area (Å²) in [6.45, 7) is 7.79. The number of halogens is 1. The van der Waals surface area contributed by atoms with E-state index >= 15 is 0 Å². The monoisotopic (exact) mass is 367 g/mol. The molecule has 0 bridgehead atoms. The van der Waals surface area contributed by atoms with Crippen LogP contribution in [-0.2, 0) is 16.0 Å². The maximum absolute atomic E-state index is 14.4. The lowest BCUT2D eigenvalue weighted by atomic mass is 10.0. The van der Waals surface area contributed by atoms with Gasteiger partial charge in [0.15, 0.2) is 0 Å². The number of nitrogens with zero attached hydrogens (tertiary/aromatic N) is 1. The zero-order valence-corrected chi connectivity index (χ0v) is 15.3. The molecule has 1 aliphatic rings. The summed E-state index contributed by atoms with van der Waals surface area (Å²) >= 11 is 0. The predicted molar refractivity (Wildman–Crippen MR) is 96.0 cm³/mol. The van der Waals surface area contributed by atoms with Crippen LogP contribution in [0.2, 0.25) is 0 Å². The molecule has 1 aromatic carbocycles. The van der Waals surface area contributed by atoms with Gasteiger partial charge in [0.2, 0.25) is 0 Å². The van der Waals surface area contributed by atoms with Gasteiger partial charge in [0.1, 0.15) is 17.5 Å². The molecule has 1 atom stereocenters. The number of piperazine rings is 1. The van der Waals surface area contributed by atoms with Crippen molar-refractivity contribution in [2.45, 2.75) is 38.8 Å². The number of hydrogen-bond acceptors (Lipinski definition) is 5.